The highest BCUT2D eigenvalue weighted by molar-refractivity contribution is 6.39. The Morgan fingerprint density at radius 2 is 1.77 bits per heavy atom. The summed E-state index contributed by atoms with van der Waals surface area (Å²) in [5, 5.41) is 7.73. The SMILES string of the molecule is Cc1cc(Nc2c(Cl)cccc2Cl)nc(NC2CCCC2)n1. The minimum Gasteiger partial charge on any atom is -0.351 e. The summed E-state index contributed by atoms with van der Waals surface area (Å²) in [4.78, 5) is 8.98. The summed E-state index contributed by atoms with van der Waals surface area (Å²) < 4.78 is 0. The van der Waals surface area contributed by atoms with Crippen LogP contribution in [0.2, 0.25) is 10.0 Å². The third-order valence-corrected chi connectivity index (χ3v) is 4.39. The molecular weight excluding hydrogens is 319 g/mol. The predicted molar refractivity (Wildman–Crippen MR) is 92.4 cm³/mol. The lowest BCUT2D eigenvalue weighted by Crippen LogP contribution is -2.17. The number of anilines is 3. The van der Waals surface area contributed by atoms with Crippen LogP contribution in [-0.4, -0.2) is 16.0 Å². The Labute approximate surface area is 140 Å². The molecule has 116 valence electrons. The largest absolute Gasteiger partial charge is 0.351 e. The third-order valence-electron chi connectivity index (χ3n) is 3.76. The van der Waals surface area contributed by atoms with E-state index in [9.17, 15) is 0 Å². The Bertz CT molecular complexity index is 649. The van der Waals surface area contributed by atoms with Crippen LogP contribution in [0.15, 0.2) is 24.3 Å². The molecule has 0 amide bonds. The Morgan fingerprint density at radius 3 is 2.45 bits per heavy atom. The monoisotopic (exact) mass is 336 g/mol. The van der Waals surface area contributed by atoms with Gasteiger partial charge in [0.2, 0.25) is 5.95 Å². The molecule has 6 heteroatoms. The lowest BCUT2D eigenvalue weighted by atomic mass is 10.2. The maximum absolute atomic E-state index is 6.19. The number of hydrogen-bond donors (Lipinski definition) is 2. The van der Waals surface area contributed by atoms with Crippen molar-refractivity contribution in [3.8, 4) is 0 Å². The van der Waals surface area contributed by atoms with Gasteiger partial charge in [0, 0.05) is 17.8 Å². The summed E-state index contributed by atoms with van der Waals surface area (Å²) >= 11 is 12.4. The van der Waals surface area contributed by atoms with Crippen LogP contribution in [0, 0.1) is 6.92 Å². The van der Waals surface area contributed by atoms with Crippen LogP contribution in [-0.2, 0) is 0 Å². The Kier molecular flexibility index (Phi) is 4.69. The summed E-state index contributed by atoms with van der Waals surface area (Å²) in [6, 6.07) is 7.75. The van der Waals surface area contributed by atoms with E-state index in [-0.39, 0.29) is 0 Å². The fourth-order valence-corrected chi connectivity index (χ4v) is 3.19. The lowest BCUT2D eigenvalue weighted by Gasteiger charge is -2.14. The van der Waals surface area contributed by atoms with Crippen molar-refractivity contribution < 1.29 is 0 Å². The highest BCUT2D eigenvalue weighted by atomic mass is 35.5. The van der Waals surface area contributed by atoms with E-state index < -0.39 is 0 Å². The average molecular weight is 337 g/mol. The van der Waals surface area contributed by atoms with E-state index in [1.54, 1.807) is 12.1 Å². The first kappa shape index (κ1) is 15.4. The highest BCUT2D eigenvalue weighted by Crippen LogP contribution is 2.32. The van der Waals surface area contributed by atoms with Gasteiger partial charge >= 0.3 is 0 Å². The van der Waals surface area contributed by atoms with Crippen molar-refractivity contribution in [2.75, 3.05) is 10.6 Å². The Hall–Kier alpha value is -1.52. The van der Waals surface area contributed by atoms with Crippen LogP contribution in [0.5, 0.6) is 0 Å². The van der Waals surface area contributed by atoms with Crippen LogP contribution >= 0.6 is 23.2 Å². The van der Waals surface area contributed by atoms with E-state index in [0.29, 0.717) is 33.5 Å². The molecule has 1 saturated carbocycles. The van der Waals surface area contributed by atoms with Gasteiger partial charge in [0.05, 0.1) is 15.7 Å². The van der Waals surface area contributed by atoms with Gasteiger partial charge in [-0.1, -0.05) is 42.1 Å². The predicted octanol–water partition coefficient (Wildman–Crippen LogP) is 5.19. The summed E-state index contributed by atoms with van der Waals surface area (Å²) in [6.45, 7) is 1.95. The molecule has 0 unspecified atom stereocenters. The number of rotatable bonds is 4. The molecule has 0 radical (unpaired) electrons. The van der Waals surface area contributed by atoms with E-state index in [4.69, 9.17) is 23.2 Å². The fraction of sp³-hybridized carbons (Fsp3) is 0.375. The average Bonchev–Trinajstić information content (AvgIpc) is 2.95. The smallest absolute Gasteiger partial charge is 0.225 e. The van der Waals surface area contributed by atoms with Crippen molar-refractivity contribution in [1.29, 1.82) is 0 Å². The first-order valence-electron chi connectivity index (χ1n) is 7.45. The molecule has 1 aromatic carbocycles. The van der Waals surface area contributed by atoms with Gasteiger partial charge in [0.1, 0.15) is 5.82 Å². The number of halogens is 2. The van der Waals surface area contributed by atoms with E-state index in [2.05, 4.69) is 20.6 Å². The zero-order chi connectivity index (χ0) is 15.5. The Morgan fingerprint density at radius 1 is 1.09 bits per heavy atom. The number of para-hydroxylation sites is 1. The van der Waals surface area contributed by atoms with Gasteiger partial charge < -0.3 is 10.6 Å². The van der Waals surface area contributed by atoms with Crippen molar-refractivity contribution in [3.05, 3.63) is 40.0 Å². The molecule has 0 bridgehead atoms. The summed E-state index contributed by atoms with van der Waals surface area (Å²) in [6.07, 6.45) is 4.89. The number of aryl methyl sites for hydroxylation is 1. The number of benzene rings is 1. The third kappa shape index (κ3) is 3.62. The molecule has 22 heavy (non-hydrogen) atoms. The molecule has 0 saturated heterocycles. The van der Waals surface area contributed by atoms with Gasteiger partial charge in [0.25, 0.3) is 0 Å². The van der Waals surface area contributed by atoms with Crippen molar-refractivity contribution in [1.82, 2.24) is 9.97 Å². The number of aromatic nitrogens is 2. The van der Waals surface area contributed by atoms with E-state index in [1.807, 2.05) is 19.1 Å². The van der Waals surface area contributed by atoms with Crippen LogP contribution in [0.25, 0.3) is 0 Å². The quantitative estimate of drug-likeness (QED) is 0.806. The first-order valence-corrected chi connectivity index (χ1v) is 8.20. The van der Waals surface area contributed by atoms with E-state index in [1.165, 1.54) is 25.7 Å². The lowest BCUT2D eigenvalue weighted by molar-refractivity contribution is 0.743. The summed E-state index contributed by atoms with van der Waals surface area (Å²) in [7, 11) is 0. The second kappa shape index (κ2) is 6.71. The van der Waals surface area contributed by atoms with Crippen molar-refractivity contribution in [2.45, 2.75) is 38.6 Å². The van der Waals surface area contributed by atoms with Gasteiger partial charge in [0.15, 0.2) is 0 Å². The molecule has 1 aliphatic carbocycles. The molecule has 1 fully saturated rings. The topological polar surface area (TPSA) is 49.8 Å². The van der Waals surface area contributed by atoms with Gasteiger partial charge in [-0.3, -0.25) is 0 Å². The van der Waals surface area contributed by atoms with Crippen molar-refractivity contribution >= 4 is 40.7 Å². The highest BCUT2D eigenvalue weighted by Gasteiger charge is 2.16. The normalized spacial score (nSPS) is 15.0. The number of nitrogens with one attached hydrogen (secondary N) is 2. The minimum absolute atomic E-state index is 0.471. The molecule has 3 rings (SSSR count). The second-order valence-corrected chi connectivity index (χ2v) is 6.38. The molecule has 1 heterocycles. The van der Waals surface area contributed by atoms with E-state index >= 15 is 0 Å². The molecule has 2 N–H and O–H groups in total. The summed E-state index contributed by atoms with van der Waals surface area (Å²) in [5.74, 6) is 1.33. The molecule has 4 nitrogen and oxygen atoms in total. The molecule has 2 aromatic rings. The maximum Gasteiger partial charge on any atom is 0.225 e. The van der Waals surface area contributed by atoms with Gasteiger partial charge in [-0.2, -0.15) is 4.98 Å². The molecule has 1 aromatic heterocycles. The minimum atomic E-state index is 0.471. The summed E-state index contributed by atoms with van der Waals surface area (Å²) in [5.41, 5.74) is 1.55. The van der Waals surface area contributed by atoms with Crippen LogP contribution in [0.4, 0.5) is 17.5 Å². The van der Waals surface area contributed by atoms with Crippen LogP contribution in [0.1, 0.15) is 31.4 Å². The van der Waals surface area contributed by atoms with Crippen molar-refractivity contribution in [3.63, 3.8) is 0 Å². The fourth-order valence-electron chi connectivity index (χ4n) is 2.70. The maximum atomic E-state index is 6.19. The Balaban J connectivity index is 1.82. The van der Waals surface area contributed by atoms with Crippen LogP contribution < -0.4 is 10.6 Å². The zero-order valence-electron chi connectivity index (χ0n) is 12.4. The molecule has 0 atom stereocenters. The van der Waals surface area contributed by atoms with E-state index in [0.717, 1.165) is 5.69 Å². The molecule has 0 aliphatic heterocycles. The second-order valence-electron chi connectivity index (χ2n) is 5.57. The zero-order valence-corrected chi connectivity index (χ0v) is 13.9. The van der Waals surface area contributed by atoms with Gasteiger partial charge in [-0.25, -0.2) is 4.98 Å². The molecule has 0 spiro atoms. The number of hydrogen-bond acceptors (Lipinski definition) is 4. The number of nitrogens with zero attached hydrogens (tertiary/aromatic N) is 2. The first-order chi connectivity index (χ1) is 10.6. The van der Waals surface area contributed by atoms with Gasteiger partial charge in [-0.15, -0.1) is 0 Å². The van der Waals surface area contributed by atoms with Crippen LogP contribution in [0.3, 0.4) is 0 Å². The molecule has 1 aliphatic rings. The van der Waals surface area contributed by atoms with Crippen molar-refractivity contribution in [2.24, 2.45) is 0 Å². The van der Waals surface area contributed by atoms with Gasteiger partial charge in [-0.05, 0) is 31.9 Å². The standard InChI is InChI=1S/C16H18Cl2N4/c1-10-9-14(21-15-12(17)7-4-8-13(15)18)22-16(19-10)20-11-5-2-3-6-11/h4,7-9,11H,2-3,5-6H2,1H3,(H2,19,20,21,22). The molecular formula is C16H18Cl2N4.